The van der Waals surface area contributed by atoms with Crippen LogP contribution in [0.15, 0.2) is 97.2 Å². The molecular weight excluding hydrogens is 985 g/mol. The molecule has 0 bridgehead atoms. The number of ether oxygens (including phenoxy) is 3. The van der Waals surface area contributed by atoms with Gasteiger partial charge < -0.3 is 14.2 Å². The van der Waals surface area contributed by atoms with E-state index in [1.165, 1.54) is 180 Å². The zero-order chi connectivity index (χ0) is 57.8. The van der Waals surface area contributed by atoms with E-state index < -0.39 is 6.10 Å². The average Bonchev–Trinajstić information content (AvgIpc) is 3.46. The standard InChI is InChI=1S/C74H128O6/c1-4-7-10-13-16-19-22-25-27-29-31-33-35-36-37-38-40-41-43-45-47-49-52-55-58-61-64-67-73(76)79-70-71(69-78-72(75)66-63-60-57-54-51-24-21-18-15-12-9-6-3)80-74(77)68-65-62-59-56-53-50-48-46-44-42-39-34-32-30-28-26-23-20-17-14-11-8-5-2/h8,11,17-18,20-21,26,28-29,31-32,34,42,44,48,50,71H,4-7,9-10,12-16,19,22-25,27,30,33,35-41,43,45-47,49,51-70H2,1-3H3/b11-8-,20-17-,21-18-,28-26-,31-29-,34-32-,44-42-,50-48-. The van der Waals surface area contributed by atoms with Crippen LogP contribution in [0.3, 0.4) is 0 Å². The molecule has 0 heterocycles. The second-order valence-corrected chi connectivity index (χ2v) is 22.7. The Bertz CT molecular complexity index is 1560. The number of allylic oxidation sites excluding steroid dienone is 16. The van der Waals surface area contributed by atoms with Crippen molar-refractivity contribution >= 4 is 17.9 Å². The number of carbonyl (C=O) groups excluding carboxylic acids is 3. The van der Waals surface area contributed by atoms with Crippen LogP contribution in [0.2, 0.25) is 0 Å². The summed E-state index contributed by atoms with van der Waals surface area (Å²) in [5.74, 6) is -0.912. The average molecular weight is 1110 g/mol. The van der Waals surface area contributed by atoms with Crippen molar-refractivity contribution in [3.05, 3.63) is 97.2 Å². The van der Waals surface area contributed by atoms with Crippen molar-refractivity contribution in [2.24, 2.45) is 0 Å². The van der Waals surface area contributed by atoms with Crippen LogP contribution in [0.5, 0.6) is 0 Å². The molecule has 460 valence electrons. The summed E-state index contributed by atoms with van der Waals surface area (Å²) in [4.78, 5) is 38.3. The molecule has 0 spiro atoms. The van der Waals surface area contributed by atoms with Crippen LogP contribution in [0, 0.1) is 0 Å². The highest BCUT2D eigenvalue weighted by atomic mass is 16.6. The third kappa shape index (κ3) is 65.1. The maximum Gasteiger partial charge on any atom is 0.306 e. The van der Waals surface area contributed by atoms with Gasteiger partial charge in [0, 0.05) is 19.3 Å². The molecule has 1 atom stereocenters. The summed E-state index contributed by atoms with van der Waals surface area (Å²) in [6.45, 7) is 6.51. The van der Waals surface area contributed by atoms with Gasteiger partial charge in [-0.25, -0.2) is 0 Å². The predicted molar refractivity (Wildman–Crippen MR) is 348 cm³/mol. The minimum absolute atomic E-state index is 0.0891. The van der Waals surface area contributed by atoms with Crippen LogP contribution in [-0.4, -0.2) is 37.2 Å². The van der Waals surface area contributed by atoms with E-state index in [0.717, 1.165) is 116 Å². The van der Waals surface area contributed by atoms with E-state index in [9.17, 15) is 14.4 Å². The Morgan fingerprint density at radius 2 is 0.487 bits per heavy atom. The van der Waals surface area contributed by atoms with Gasteiger partial charge in [0.2, 0.25) is 0 Å². The van der Waals surface area contributed by atoms with Crippen LogP contribution in [0.25, 0.3) is 0 Å². The van der Waals surface area contributed by atoms with E-state index in [0.29, 0.717) is 19.3 Å². The number of unbranched alkanes of at least 4 members (excludes halogenated alkanes) is 35. The molecule has 0 aliphatic heterocycles. The molecule has 0 aromatic rings. The SMILES string of the molecule is CC/C=C\C/C=C\C/C=C\C/C=C\C/C=C\C/C=C\CCCCCCC(=O)OC(COC(=O)CCCCCCC/C=C\CCCCC)COC(=O)CCCCCCCCCCCCCCCCC/C=C\CCCCCCCCCC. The van der Waals surface area contributed by atoms with Crippen molar-refractivity contribution < 1.29 is 28.6 Å². The Hall–Kier alpha value is -3.67. The fourth-order valence-electron chi connectivity index (χ4n) is 9.67. The minimum Gasteiger partial charge on any atom is -0.462 e. The molecule has 6 heteroatoms. The third-order valence-corrected chi connectivity index (χ3v) is 14.8. The number of carbonyl (C=O) groups is 3. The van der Waals surface area contributed by atoms with Crippen molar-refractivity contribution in [3.63, 3.8) is 0 Å². The summed E-state index contributed by atoms with van der Waals surface area (Å²) >= 11 is 0. The molecule has 0 aromatic heterocycles. The van der Waals surface area contributed by atoms with Crippen LogP contribution in [0.1, 0.15) is 335 Å². The largest absolute Gasteiger partial charge is 0.462 e. The van der Waals surface area contributed by atoms with Crippen molar-refractivity contribution in [3.8, 4) is 0 Å². The molecule has 0 aromatic carbocycles. The fourth-order valence-corrected chi connectivity index (χ4v) is 9.67. The first-order chi connectivity index (χ1) is 39.5. The number of rotatable bonds is 62. The molecule has 0 saturated heterocycles. The topological polar surface area (TPSA) is 78.9 Å². The summed E-state index contributed by atoms with van der Waals surface area (Å²) in [5.41, 5.74) is 0. The van der Waals surface area contributed by atoms with E-state index in [2.05, 4.69) is 118 Å². The van der Waals surface area contributed by atoms with E-state index in [1.807, 2.05) is 0 Å². The van der Waals surface area contributed by atoms with E-state index in [-0.39, 0.29) is 31.1 Å². The van der Waals surface area contributed by atoms with E-state index >= 15 is 0 Å². The normalized spacial score (nSPS) is 12.7. The van der Waals surface area contributed by atoms with Gasteiger partial charge in [0.1, 0.15) is 13.2 Å². The molecule has 0 rings (SSSR count). The quantitative estimate of drug-likeness (QED) is 0.0261. The van der Waals surface area contributed by atoms with Crippen LogP contribution < -0.4 is 0 Å². The Morgan fingerprint density at radius 1 is 0.263 bits per heavy atom. The van der Waals surface area contributed by atoms with Gasteiger partial charge in [0.05, 0.1) is 0 Å². The maximum atomic E-state index is 12.9. The lowest BCUT2D eigenvalue weighted by molar-refractivity contribution is -0.167. The molecule has 0 radical (unpaired) electrons. The second kappa shape index (κ2) is 67.8. The van der Waals surface area contributed by atoms with Gasteiger partial charge in [0.15, 0.2) is 6.10 Å². The molecule has 0 aliphatic carbocycles. The van der Waals surface area contributed by atoms with Crippen LogP contribution >= 0.6 is 0 Å². The molecule has 0 N–H and O–H groups in total. The molecule has 0 saturated carbocycles. The maximum absolute atomic E-state index is 12.9. The first kappa shape index (κ1) is 76.3. The highest BCUT2D eigenvalue weighted by Crippen LogP contribution is 2.17. The Labute approximate surface area is 496 Å². The lowest BCUT2D eigenvalue weighted by atomic mass is 10.0. The fraction of sp³-hybridized carbons (Fsp3) is 0.743. The zero-order valence-corrected chi connectivity index (χ0v) is 52.8. The number of hydrogen-bond acceptors (Lipinski definition) is 6. The summed E-state index contributed by atoms with van der Waals surface area (Å²) in [6.07, 6.45) is 91.5. The molecule has 6 nitrogen and oxygen atoms in total. The first-order valence-electron chi connectivity index (χ1n) is 34.2. The molecule has 80 heavy (non-hydrogen) atoms. The predicted octanol–water partition coefficient (Wildman–Crippen LogP) is 23.6. The summed E-state index contributed by atoms with van der Waals surface area (Å²) < 4.78 is 16.9. The monoisotopic (exact) mass is 1110 g/mol. The van der Waals surface area contributed by atoms with Crippen molar-refractivity contribution in [2.45, 2.75) is 341 Å². The Balaban J connectivity index is 4.30. The molecular formula is C74H128O6. The van der Waals surface area contributed by atoms with Crippen molar-refractivity contribution in [1.82, 2.24) is 0 Å². The Morgan fingerprint density at radius 3 is 0.800 bits per heavy atom. The van der Waals surface area contributed by atoms with Gasteiger partial charge >= 0.3 is 17.9 Å². The summed E-state index contributed by atoms with van der Waals surface area (Å²) in [7, 11) is 0. The summed E-state index contributed by atoms with van der Waals surface area (Å²) in [5, 5.41) is 0. The Kier molecular flexibility index (Phi) is 64.7. The van der Waals surface area contributed by atoms with Crippen molar-refractivity contribution in [1.29, 1.82) is 0 Å². The summed E-state index contributed by atoms with van der Waals surface area (Å²) in [6, 6.07) is 0. The van der Waals surface area contributed by atoms with Crippen LogP contribution in [0.4, 0.5) is 0 Å². The lowest BCUT2D eigenvalue weighted by Gasteiger charge is -2.18. The van der Waals surface area contributed by atoms with Gasteiger partial charge in [-0.2, -0.15) is 0 Å². The smallest absolute Gasteiger partial charge is 0.306 e. The van der Waals surface area contributed by atoms with Crippen molar-refractivity contribution in [2.75, 3.05) is 13.2 Å². The van der Waals surface area contributed by atoms with Gasteiger partial charge in [0.25, 0.3) is 0 Å². The minimum atomic E-state index is -0.796. The highest BCUT2D eigenvalue weighted by Gasteiger charge is 2.19. The molecule has 0 amide bonds. The molecule has 0 aliphatic rings. The van der Waals surface area contributed by atoms with E-state index in [4.69, 9.17) is 14.2 Å². The van der Waals surface area contributed by atoms with Gasteiger partial charge in [-0.3, -0.25) is 14.4 Å². The lowest BCUT2D eigenvalue weighted by Crippen LogP contribution is -2.30. The van der Waals surface area contributed by atoms with E-state index in [1.54, 1.807) is 0 Å². The third-order valence-electron chi connectivity index (χ3n) is 14.8. The highest BCUT2D eigenvalue weighted by molar-refractivity contribution is 5.71. The van der Waals surface area contributed by atoms with Gasteiger partial charge in [-0.1, -0.05) is 291 Å². The molecule has 1 unspecified atom stereocenters. The van der Waals surface area contributed by atoms with Crippen LogP contribution in [-0.2, 0) is 28.6 Å². The van der Waals surface area contributed by atoms with Gasteiger partial charge in [-0.05, 0) is 122 Å². The first-order valence-corrected chi connectivity index (χ1v) is 34.2. The molecule has 0 fully saturated rings. The number of hydrogen-bond donors (Lipinski definition) is 0. The van der Waals surface area contributed by atoms with Gasteiger partial charge in [-0.15, -0.1) is 0 Å². The number of esters is 3. The zero-order valence-electron chi connectivity index (χ0n) is 52.8. The second-order valence-electron chi connectivity index (χ2n) is 22.7.